The Balaban J connectivity index is 2.46. The summed E-state index contributed by atoms with van der Waals surface area (Å²) in [7, 11) is -2.28. The van der Waals surface area contributed by atoms with E-state index in [0.717, 1.165) is 0 Å². The van der Waals surface area contributed by atoms with Gasteiger partial charge in [0, 0.05) is 7.05 Å². The van der Waals surface area contributed by atoms with E-state index in [-0.39, 0.29) is 21.1 Å². The van der Waals surface area contributed by atoms with Gasteiger partial charge in [-0.05, 0) is 38.8 Å². The molecule has 11 heteroatoms. The highest BCUT2D eigenvalue weighted by atomic mass is 79.9. The first-order valence-corrected chi connectivity index (χ1v) is 8.29. The molecule has 0 aliphatic rings. The topological polar surface area (TPSA) is 116 Å². The zero-order chi connectivity index (χ0) is 15.1. The smallest absolute Gasteiger partial charge is 0.268 e. The van der Waals surface area contributed by atoms with Crippen molar-refractivity contribution in [3.63, 3.8) is 0 Å². The molecule has 3 N–H and O–H groups in total. The van der Waals surface area contributed by atoms with Crippen LogP contribution in [0.15, 0.2) is 20.3 Å². The molecule has 8 nitrogen and oxygen atoms in total. The van der Waals surface area contributed by atoms with Crippen LogP contribution in [0.5, 0.6) is 0 Å². The van der Waals surface area contributed by atoms with Gasteiger partial charge in [-0.25, -0.2) is 18.4 Å². The number of anilines is 2. The number of halogens is 2. The molecule has 0 saturated carbocycles. The molecule has 0 aliphatic heterocycles. The van der Waals surface area contributed by atoms with Gasteiger partial charge < -0.3 is 5.73 Å². The molecule has 2 aromatic rings. The third kappa shape index (κ3) is 2.79. The average molecular weight is 426 g/mol. The third-order valence-corrected chi connectivity index (χ3v) is 4.94. The Hall–Kier alpha value is -1.20. The van der Waals surface area contributed by atoms with Crippen LogP contribution in [0.3, 0.4) is 0 Å². The van der Waals surface area contributed by atoms with Crippen molar-refractivity contribution in [1.82, 2.24) is 19.7 Å². The average Bonchev–Trinajstić information content (AvgIpc) is 2.57. The molecule has 0 amide bonds. The van der Waals surface area contributed by atoms with Gasteiger partial charge in [0.05, 0.1) is 11.9 Å². The summed E-state index contributed by atoms with van der Waals surface area (Å²) in [5.41, 5.74) is 6.06. The van der Waals surface area contributed by atoms with Crippen molar-refractivity contribution in [1.29, 1.82) is 0 Å². The largest absolute Gasteiger partial charge is 0.381 e. The van der Waals surface area contributed by atoms with E-state index in [0.29, 0.717) is 10.3 Å². The first-order chi connectivity index (χ1) is 9.22. The number of nitrogens with one attached hydrogen (secondary N) is 1. The minimum absolute atomic E-state index is 0.0656. The summed E-state index contributed by atoms with van der Waals surface area (Å²) in [6, 6.07) is 0. The highest BCUT2D eigenvalue weighted by Gasteiger charge is 2.26. The van der Waals surface area contributed by atoms with E-state index in [4.69, 9.17) is 5.73 Å². The summed E-state index contributed by atoms with van der Waals surface area (Å²) < 4.78 is 29.2. The van der Waals surface area contributed by atoms with Gasteiger partial charge in [0.15, 0.2) is 21.1 Å². The first-order valence-electron chi connectivity index (χ1n) is 5.22. The number of nitrogens with two attached hydrogens (primary N) is 1. The van der Waals surface area contributed by atoms with Gasteiger partial charge in [-0.1, -0.05) is 0 Å². The van der Waals surface area contributed by atoms with Crippen LogP contribution in [0.25, 0.3) is 0 Å². The summed E-state index contributed by atoms with van der Waals surface area (Å²) in [6.07, 6.45) is 1.38. The second-order valence-electron chi connectivity index (χ2n) is 3.86. The molecular formula is C9H10Br2N6O2S. The van der Waals surface area contributed by atoms with E-state index >= 15 is 0 Å². The normalized spacial score (nSPS) is 11.6. The zero-order valence-corrected chi connectivity index (χ0v) is 14.4. The van der Waals surface area contributed by atoms with Crippen molar-refractivity contribution in [2.24, 2.45) is 7.05 Å². The summed E-state index contributed by atoms with van der Waals surface area (Å²) >= 11 is 6.27. The van der Waals surface area contributed by atoms with E-state index in [1.807, 2.05) is 0 Å². The Morgan fingerprint density at radius 1 is 1.40 bits per heavy atom. The molecule has 0 saturated heterocycles. The number of nitrogen functional groups attached to an aromatic ring is 1. The van der Waals surface area contributed by atoms with Crippen LogP contribution in [0, 0.1) is 6.92 Å². The van der Waals surface area contributed by atoms with E-state index < -0.39 is 10.0 Å². The third-order valence-electron chi connectivity index (χ3n) is 2.50. The Kier molecular flexibility index (Phi) is 4.02. The fourth-order valence-corrected chi connectivity index (χ4v) is 3.92. The summed E-state index contributed by atoms with van der Waals surface area (Å²) in [5.74, 6) is -0.00505. The molecule has 0 atom stereocenters. The van der Waals surface area contributed by atoms with Crippen molar-refractivity contribution in [2.45, 2.75) is 11.8 Å². The number of aromatic nitrogens is 4. The fraction of sp³-hybridized carbons (Fsp3) is 0.222. The number of hydrogen-bond donors (Lipinski definition) is 2. The van der Waals surface area contributed by atoms with Crippen molar-refractivity contribution >= 4 is 53.5 Å². The first kappa shape index (κ1) is 15.2. The van der Waals surface area contributed by atoms with E-state index in [9.17, 15) is 8.42 Å². The SMILES string of the molecule is Cc1c(S(=O)(=O)Nc2ncc(Br)nc2Br)c(N)nn1C. The van der Waals surface area contributed by atoms with Gasteiger partial charge in [-0.3, -0.25) is 9.40 Å². The maximum Gasteiger partial charge on any atom is 0.268 e. The van der Waals surface area contributed by atoms with Crippen LogP contribution in [-0.4, -0.2) is 28.2 Å². The Bertz CT molecular complexity index is 773. The van der Waals surface area contributed by atoms with Crippen molar-refractivity contribution in [2.75, 3.05) is 10.5 Å². The molecule has 2 heterocycles. The number of sulfonamides is 1. The fourth-order valence-electron chi connectivity index (χ4n) is 1.54. The Labute approximate surface area is 132 Å². The Morgan fingerprint density at radius 3 is 2.55 bits per heavy atom. The van der Waals surface area contributed by atoms with Crippen LogP contribution < -0.4 is 10.5 Å². The van der Waals surface area contributed by atoms with Crippen LogP contribution in [-0.2, 0) is 17.1 Å². The standard InChI is InChI=1S/C9H10Br2N6O2S/c1-4-6(8(12)15-17(4)2)20(18,19)16-9-7(11)14-5(10)3-13-9/h3H,1-2H3,(H2,12,15)(H,13,16). The monoisotopic (exact) mass is 424 g/mol. The number of rotatable bonds is 3. The van der Waals surface area contributed by atoms with Crippen LogP contribution in [0.2, 0.25) is 0 Å². The molecule has 108 valence electrons. The lowest BCUT2D eigenvalue weighted by atomic mass is 10.5. The minimum atomic E-state index is -3.90. The highest BCUT2D eigenvalue weighted by Crippen LogP contribution is 2.26. The van der Waals surface area contributed by atoms with Gasteiger partial charge >= 0.3 is 0 Å². The lowest BCUT2D eigenvalue weighted by molar-refractivity contribution is 0.600. The second-order valence-corrected chi connectivity index (χ2v) is 7.04. The van der Waals surface area contributed by atoms with E-state index in [1.165, 1.54) is 10.9 Å². The van der Waals surface area contributed by atoms with Gasteiger partial charge in [-0.15, -0.1) is 0 Å². The lowest BCUT2D eigenvalue weighted by Gasteiger charge is -2.08. The molecule has 0 fully saturated rings. The van der Waals surface area contributed by atoms with Crippen molar-refractivity contribution < 1.29 is 8.42 Å². The second kappa shape index (κ2) is 5.30. The zero-order valence-electron chi connectivity index (χ0n) is 10.4. The van der Waals surface area contributed by atoms with E-state index in [2.05, 4.69) is 51.6 Å². The predicted molar refractivity (Wildman–Crippen MR) is 80.6 cm³/mol. The quantitative estimate of drug-likeness (QED) is 0.768. The van der Waals surface area contributed by atoms with Crippen LogP contribution in [0.1, 0.15) is 5.69 Å². The molecule has 0 bridgehead atoms. The maximum absolute atomic E-state index is 12.3. The molecule has 0 spiro atoms. The van der Waals surface area contributed by atoms with Gasteiger partial charge in [-0.2, -0.15) is 5.10 Å². The van der Waals surface area contributed by atoms with Crippen LogP contribution >= 0.6 is 31.9 Å². The summed E-state index contributed by atoms with van der Waals surface area (Å²) in [5, 5.41) is 3.88. The van der Waals surface area contributed by atoms with Crippen LogP contribution in [0.4, 0.5) is 11.6 Å². The molecule has 2 rings (SSSR count). The molecular weight excluding hydrogens is 416 g/mol. The Morgan fingerprint density at radius 2 is 2.05 bits per heavy atom. The highest BCUT2D eigenvalue weighted by molar-refractivity contribution is 9.11. The van der Waals surface area contributed by atoms with Gasteiger partial charge in [0.2, 0.25) is 0 Å². The number of nitrogens with zero attached hydrogens (tertiary/aromatic N) is 4. The number of hydrogen-bond acceptors (Lipinski definition) is 6. The molecule has 0 radical (unpaired) electrons. The maximum atomic E-state index is 12.3. The molecule has 0 aromatic carbocycles. The van der Waals surface area contributed by atoms with Crippen molar-refractivity contribution in [3.8, 4) is 0 Å². The predicted octanol–water partition coefficient (Wildman–Crippen LogP) is 1.43. The molecule has 20 heavy (non-hydrogen) atoms. The molecule has 2 aromatic heterocycles. The number of aryl methyl sites for hydroxylation is 1. The minimum Gasteiger partial charge on any atom is -0.381 e. The van der Waals surface area contributed by atoms with Crippen molar-refractivity contribution in [3.05, 3.63) is 21.1 Å². The summed E-state index contributed by atoms with van der Waals surface area (Å²) in [6.45, 7) is 1.61. The molecule has 0 aliphatic carbocycles. The molecule has 0 unspecified atom stereocenters. The lowest BCUT2D eigenvalue weighted by Crippen LogP contribution is -2.16. The van der Waals surface area contributed by atoms with Gasteiger partial charge in [0.1, 0.15) is 4.60 Å². The van der Waals surface area contributed by atoms with Gasteiger partial charge in [0.25, 0.3) is 10.0 Å². The summed E-state index contributed by atoms with van der Waals surface area (Å²) in [4.78, 5) is 7.86. The van der Waals surface area contributed by atoms with E-state index in [1.54, 1.807) is 14.0 Å².